The maximum absolute atomic E-state index is 13.6. The zero-order valence-electron chi connectivity index (χ0n) is 12.4. The first kappa shape index (κ1) is 16.8. The Hall–Kier alpha value is -3.08. The fraction of sp³-hybridized carbons (Fsp3) is 0.0714. The molecule has 0 atom stereocenters. The van der Waals surface area contributed by atoms with Crippen LogP contribution >= 0.6 is 15.9 Å². The van der Waals surface area contributed by atoms with Gasteiger partial charge in [0.25, 0.3) is 5.91 Å². The van der Waals surface area contributed by atoms with Crippen LogP contribution in [0.25, 0.3) is 0 Å². The van der Waals surface area contributed by atoms with E-state index in [1.165, 1.54) is 23.1 Å². The van der Waals surface area contributed by atoms with Crippen LogP contribution in [-0.4, -0.2) is 30.8 Å². The lowest BCUT2D eigenvalue weighted by molar-refractivity contribution is -0.390. The van der Waals surface area contributed by atoms with Crippen molar-refractivity contribution in [1.82, 2.24) is 20.0 Å². The number of hydrogen-bond donors (Lipinski definition) is 2. The van der Waals surface area contributed by atoms with Gasteiger partial charge in [0.2, 0.25) is 0 Å². The second kappa shape index (κ2) is 6.81. The zero-order valence-corrected chi connectivity index (χ0v) is 14.0. The summed E-state index contributed by atoms with van der Waals surface area (Å²) in [6, 6.07) is 6.29. The van der Waals surface area contributed by atoms with Crippen molar-refractivity contribution in [3.05, 3.63) is 68.3 Å². The number of H-pyrrole nitrogens is 1. The standard InChI is InChI=1S/C14H10BrFN6O3/c15-11-12(19-20-13(11)22(24)25)14(23)18-9-5-17-21(7-9)6-8-3-1-2-4-10(8)16/h1-5,7H,6H2,(H,18,23)(H,19,20). The number of nitrogens with one attached hydrogen (secondary N) is 2. The van der Waals surface area contributed by atoms with Crippen LogP contribution in [0.4, 0.5) is 15.9 Å². The molecule has 3 aromatic rings. The molecule has 0 saturated carbocycles. The van der Waals surface area contributed by atoms with Gasteiger partial charge in [-0.05, 0) is 26.9 Å². The van der Waals surface area contributed by atoms with E-state index in [9.17, 15) is 19.3 Å². The molecule has 0 fully saturated rings. The highest BCUT2D eigenvalue weighted by atomic mass is 79.9. The van der Waals surface area contributed by atoms with Gasteiger partial charge in [0.1, 0.15) is 10.3 Å². The first-order chi connectivity index (χ1) is 12.0. The maximum atomic E-state index is 13.6. The molecular weight excluding hydrogens is 399 g/mol. The number of hydrogen-bond acceptors (Lipinski definition) is 5. The van der Waals surface area contributed by atoms with Crippen molar-refractivity contribution >= 4 is 33.3 Å². The first-order valence-corrected chi connectivity index (χ1v) is 7.70. The predicted molar refractivity (Wildman–Crippen MR) is 88.6 cm³/mol. The summed E-state index contributed by atoms with van der Waals surface area (Å²) >= 11 is 2.96. The van der Waals surface area contributed by atoms with Crippen molar-refractivity contribution < 1.29 is 14.1 Å². The minimum Gasteiger partial charge on any atom is -0.358 e. The molecule has 2 heterocycles. The van der Waals surface area contributed by atoms with Crippen LogP contribution in [0.5, 0.6) is 0 Å². The average molecular weight is 409 g/mol. The number of nitrogens with zero attached hydrogens (tertiary/aromatic N) is 4. The summed E-state index contributed by atoms with van der Waals surface area (Å²) in [4.78, 5) is 22.2. The number of amides is 1. The Balaban J connectivity index is 1.72. The fourth-order valence-corrected chi connectivity index (χ4v) is 2.60. The van der Waals surface area contributed by atoms with E-state index in [2.05, 4.69) is 36.5 Å². The molecule has 0 radical (unpaired) electrons. The van der Waals surface area contributed by atoms with Crippen LogP contribution in [0.1, 0.15) is 16.1 Å². The second-order valence-corrected chi connectivity index (χ2v) is 5.76. The minimum atomic E-state index is -0.694. The van der Waals surface area contributed by atoms with E-state index < -0.39 is 16.6 Å². The van der Waals surface area contributed by atoms with Crippen LogP contribution in [0, 0.1) is 15.9 Å². The topological polar surface area (TPSA) is 119 Å². The Bertz CT molecular complexity index is 954. The van der Waals surface area contributed by atoms with Gasteiger partial charge in [-0.3, -0.25) is 9.48 Å². The third-order valence-electron chi connectivity index (χ3n) is 3.27. The monoisotopic (exact) mass is 408 g/mol. The number of carbonyl (C=O) groups excluding carboxylic acids is 1. The van der Waals surface area contributed by atoms with Gasteiger partial charge in [-0.25, -0.2) is 4.39 Å². The third kappa shape index (κ3) is 3.55. The molecule has 2 aromatic heterocycles. The molecule has 25 heavy (non-hydrogen) atoms. The average Bonchev–Trinajstić information content (AvgIpc) is 3.16. The Morgan fingerprint density at radius 2 is 2.20 bits per heavy atom. The van der Waals surface area contributed by atoms with Gasteiger partial charge in [0.05, 0.1) is 18.4 Å². The van der Waals surface area contributed by atoms with Crippen molar-refractivity contribution in [2.45, 2.75) is 6.54 Å². The van der Waals surface area contributed by atoms with E-state index in [0.717, 1.165) is 0 Å². The normalized spacial score (nSPS) is 10.6. The highest BCUT2D eigenvalue weighted by Crippen LogP contribution is 2.26. The third-order valence-corrected chi connectivity index (χ3v) is 4.02. The van der Waals surface area contributed by atoms with E-state index in [4.69, 9.17) is 0 Å². The molecule has 0 saturated heterocycles. The summed E-state index contributed by atoms with van der Waals surface area (Å²) in [5.74, 6) is -1.42. The minimum absolute atomic E-state index is 0.0475. The molecule has 1 aromatic carbocycles. The summed E-state index contributed by atoms with van der Waals surface area (Å²) in [5, 5.41) is 23.1. The van der Waals surface area contributed by atoms with Gasteiger partial charge in [-0.2, -0.15) is 5.10 Å². The lowest BCUT2D eigenvalue weighted by Gasteiger charge is -2.03. The van der Waals surface area contributed by atoms with E-state index in [0.29, 0.717) is 11.3 Å². The van der Waals surface area contributed by atoms with Gasteiger partial charge >= 0.3 is 5.82 Å². The lowest BCUT2D eigenvalue weighted by atomic mass is 10.2. The van der Waals surface area contributed by atoms with E-state index in [1.807, 2.05) is 0 Å². The van der Waals surface area contributed by atoms with Gasteiger partial charge in [0.15, 0.2) is 5.69 Å². The summed E-state index contributed by atoms with van der Waals surface area (Å²) in [7, 11) is 0. The van der Waals surface area contributed by atoms with E-state index in [-0.39, 0.29) is 22.5 Å². The molecule has 0 aliphatic rings. The quantitative estimate of drug-likeness (QED) is 0.496. The largest absolute Gasteiger partial charge is 0.358 e. The summed E-state index contributed by atoms with van der Waals surface area (Å²) < 4.78 is 15.0. The van der Waals surface area contributed by atoms with E-state index in [1.54, 1.807) is 18.2 Å². The number of anilines is 1. The molecule has 0 aliphatic heterocycles. The van der Waals surface area contributed by atoms with Gasteiger partial charge < -0.3 is 15.4 Å². The maximum Gasteiger partial charge on any atom is 0.357 e. The number of aromatic nitrogens is 4. The van der Waals surface area contributed by atoms with Crippen molar-refractivity contribution in [2.24, 2.45) is 0 Å². The van der Waals surface area contributed by atoms with Crippen molar-refractivity contribution in [1.29, 1.82) is 0 Å². The van der Waals surface area contributed by atoms with Crippen LogP contribution < -0.4 is 5.32 Å². The van der Waals surface area contributed by atoms with Crippen LogP contribution in [0.3, 0.4) is 0 Å². The number of nitro groups is 1. The number of benzene rings is 1. The molecular formula is C14H10BrFN6O3. The van der Waals surface area contributed by atoms with Crippen LogP contribution in [-0.2, 0) is 6.54 Å². The molecule has 0 aliphatic carbocycles. The van der Waals surface area contributed by atoms with E-state index >= 15 is 0 Å². The highest BCUT2D eigenvalue weighted by molar-refractivity contribution is 9.10. The van der Waals surface area contributed by atoms with Crippen molar-refractivity contribution in [2.75, 3.05) is 5.32 Å². The van der Waals surface area contributed by atoms with Gasteiger partial charge in [0, 0.05) is 11.8 Å². The summed E-state index contributed by atoms with van der Waals surface area (Å²) in [5.41, 5.74) is 0.640. The molecule has 11 heteroatoms. The summed E-state index contributed by atoms with van der Waals surface area (Å²) in [6.07, 6.45) is 2.90. The SMILES string of the molecule is O=C(Nc1cnn(Cc2ccccc2F)c1)c1n[nH]c([N+](=O)[O-])c1Br. The van der Waals surface area contributed by atoms with Crippen LogP contribution in [0.15, 0.2) is 41.1 Å². The molecule has 128 valence electrons. The van der Waals surface area contributed by atoms with Crippen molar-refractivity contribution in [3.8, 4) is 0 Å². The number of aromatic amines is 1. The molecule has 3 rings (SSSR count). The molecule has 1 amide bonds. The Morgan fingerprint density at radius 1 is 1.44 bits per heavy atom. The molecule has 0 spiro atoms. The van der Waals surface area contributed by atoms with Crippen molar-refractivity contribution in [3.63, 3.8) is 0 Å². The first-order valence-electron chi connectivity index (χ1n) is 6.91. The predicted octanol–water partition coefficient (Wildman–Crippen LogP) is 2.72. The molecule has 0 bridgehead atoms. The van der Waals surface area contributed by atoms with Crippen LogP contribution in [0.2, 0.25) is 0 Å². The Morgan fingerprint density at radius 3 is 2.88 bits per heavy atom. The van der Waals surface area contributed by atoms with Gasteiger partial charge in [-0.1, -0.05) is 23.3 Å². The molecule has 2 N–H and O–H groups in total. The zero-order chi connectivity index (χ0) is 18.0. The Labute approximate surface area is 148 Å². The smallest absolute Gasteiger partial charge is 0.357 e. The molecule has 9 nitrogen and oxygen atoms in total. The second-order valence-electron chi connectivity index (χ2n) is 4.96. The number of carbonyl (C=O) groups is 1. The van der Waals surface area contributed by atoms with Gasteiger partial charge in [-0.15, -0.1) is 5.10 Å². The molecule has 0 unspecified atom stereocenters. The fourth-order valence-electron chi connectivity index (χ4n) is 2.10. The number of halogens is 2. The highest BCUT2D eigenvalue weighted by Gasteiger charge is 2.24. The number of rotatable bonds is 5. The lowest BCUT2D eigenvalue weighted by Crippen LogP contribution is -2.12. The Kier molecular flexibility index (Phi) is 4.57. The summed E-state index contributed by atoms with van der Waals surface area (Å²) in [6.45, 7) is 0.195.